The van der Waals surface area contributed by atoms with Gasteiger partial charge >= 0.3 is 12.0 Å². The summed E-state index contributed by atoms with van der Waals surface area (Å²) < 4.78 is 0. The van der Waals surface area contributed by atoms with E-state index in [9.17, 15) is 9.59 Å². The minimum Gasteiger partial charge on any atom is -0.508 e. The van der Waals surface area contributed by atoms with Crippen molar-refractivity contribution in [3.63, 3.8) is 0 Å². The molecule has 1 rings (SSSR count). The molecule has 0 saturated heterocycles. The van der Waals surface area contributed by atoms with Crippen molar-refractivity contribution >= 4 is 17.7 Å². The zero-order valence-electron chi connectivity index (χ0n) is 9.46. The lowest BCUT2D eigenvalue weighted by molar-refractivity contribution is -0.135. The van der Waals surface area contributed by atoms with Crippen LogP contribution in [0.2, 0.25) is 0 Å². The van der Waals surface area contributed by atoms with Gasteiger partial charge in [0.05, 0.1) is 6.54 Å². The van der Waals surface area contributed by atoms with Gasteiger partial charge in [0.15, 0.2) is 0 Å². The quantitative estimate of drug-likeness (QED) is 0.681. The highest BCUT2D eigenvalue weighted by Gasteiger charge is 2.18. The van der Waals surface area contributed by atoms with Gasteiger partial charge in [0, 0.05) is 5.69 Å². The molecule has 0 aromatic heterocycles. The third-order valence-electron chi connectivity index (χ3n) is 2.04. The van der Waals surface area contributed by atoms with Gasteiger partial charge in [-0.1, -0.05) is 5.92 Å². The highest BCUT2D eigenvalue weighted by molar-refractivity contribution is 5.96. The molecule has 6 heteroatoms. The number of phenols is 1. The molecule has 0 aliphatic rings. The van der Waals surface area contributed by atoms with Crippen molar-refractivity contribution in [2.45, 2.75) is 0 Å². The summed E-state index contributed by atoms with van der Waals surface area (Å²) in [5, 5.41) is 20.3. The molecule has 0 bridgehead atoms. The van der Waals surface area contributed by atoms with Crippen LogP contribution < -0.4 is 10.2 Å². The number of carboxylic acids is 1. The summed E-state index contributed by atoms with van der Waals surface area (Å²) in [7, 11) is 0. The van der Waals surface area contributed by atoms with E-state index in [2.05, 4.69) is 11.2 Å². The third-order valence-corrected chi connectivity index (χ3v) is 2.04. The van der Waals surface area contributed by atoms with Gasteiger partial charge in [-0.25, -0.2) is 4.79 Å². The smallest absolute Gasteiger partial charge is 0.323 e. The maximum atomic E-state index is 11.7. The fraction of sp³-hybridized carbons (Fsp3) is 0.167. The number of hydrogen-bond acceptors (Lipinski definition) is 3. The molecule has 0 unspecified atom stereocenters. The highest BCUT2D eigenvalue weighted by atomic mass is 16.4. The molecule has 18 heavy (non-hydrogen) atoms. The Balaban J connectivity index is 2.90. The van der Waals surface area contributed by atoms with Gasteiger partial charge in [-0.2, -0.15) is 0 Å². The van der Waals surface area contributed by atoms with Crippen LogP contribution in [-0.2, 0) is 4.79 Å². The fourth-order valence-electron chi connectivity index (χ4n) is 1.27. The zero-order chi connectivity index (χ0) is 13.5. The SMILES string of the molecule is C#CCNC(=O)N(CC(=O)O)c1ccc(O)cc1. The Morgan fingerprint density at radius 2 is 1.94 bits per heavy atom. The molecule has 0 aliphatic carbocycles. The molecule has 0 aliphatic heterocycles. The van der Waals surface area contributed by atoms with Crippen molar-refractivity contribution in [3.05, 3.63) is 24.3 Å². The summed E-state index contributed by atoms with van der Waals surface area (Å²) >= 11 is 0. The molecule has 0 atom stereocenters. The van der Waals surface area contributed by atoms with Crippen LogP contribution in [0, 0.1) is 12.3 Å². The molecule has 3 N–H and O–H groups in total. The van der Waals surface area contributed by atoms with E-state index in [0.717, 1.165) is 4.90 Å². The molecule has 0 saturated carbocycles. The number of amides is 2. The molecular weight excluding hydrogens is 236 g/mol. The predicted molar refractivity (Wildman–Crippen MR) is 65.3 cm³/mol. The maximum Gasteiger partial charge on any atom is 0.323 e. The van der Waals surface area contributed by atoms with Crippen molar-refractivity contribution in [2.24, 2.45) is 0 Å². The van der Waals surface area contributed by atoms with E-state index in [0.29, 0.717) is 5.69 Å². The van der Waals surface area contributed by atoms with Crippen molar-refractivity contribution in [2.75, 3.05) is 18.0 Å². The number of urea groups is 1. The number of phenolic OH excluding ortho intramolecular Hbond substituents is 1. The van der Waals surface area contributed by atoms with Crippen molar-refractivity contribution in [3.8, 4) is 18.1 Å². The lowest BCUT2D eigenvalue weighted by Gasteiger charge is -2.20. The van der Waals surface area contributed by atoms with E-state index in [1.54, 1.807) is 0 Å². The molecule has 2 amide bonds. The monoisotopic (exact) mass is 248 g/mol. The summed E-state index contributed by atoms with van der Waals surface area (Å²) in [6, 6.07) is 4.99. The van der Waals surface area contributed by atoms with Crippen LogP contribution in [0.15, 0.2) is 24.3 Å². The van der Waals surface area contributed by atoms with Crippen LogP contribution >= 0.6 is 0 Å². The van der Waals surface area contributed by atoms with Gasteiger partial charge in [0.1, 0.15) is 12.3 Å². The van der Waals surface area contributed by atoms with E-state index < -0.39 is 18.5 Å². The first-order valence-electron chi connectivity index (χ1n) is 5.04. The number of nitrogens with zero attached hydrogens (tertiary/aromatic N) is 1. The largest absolute Gasteiger partial charge is 0.508 e. The molecule has 0 radical (unpaired) electrons. The van der Waals surface area contributed by atoms with E-state index >= 15 is 0 Å². The van der Waals surface area contributed by atoms with Crippen molar-refractivity contribution < 1.29 is 19.8 Å². The van der Waals surface area contributed by atoms with Crippen LogP contribution in [0.4, 0.5) is 10.5 Å². The van der Waals surface area contributed by atoms with Crippen molar-refractivity contribution in [1.82, 2.24) is 5.32 Å². The fourth-order valence-corrected chi connectivity index (χ4v) is 1.27. The minimum absolute atomic E-state index is 0.00698. The number of carbonyl (C=O) groups is 2. The average molecular weight is 248 g/mol. The van der Waals surface area contributed by atoms with Crippen LogP contribution in [-0.4, -0.2) is 35.3 Å². The number of terminal acetylenes is 1. The Hall–Kier alpha value is -2.68. The second-order valence-corrected chi connectivity index (χ2v) is 3.36. The van der Waals surface area contributed by atoms with E-state index in [4.69, 9.17) is 16.6 Å². The molecule has 1 aromatic carbocycles. The third kappa shape index (κ3) is 3.72. The minimum atomic E-state index is -1.15. The zero-order valence-corrected chi connectivity index (χ0v) is 9.46. The van der Waals surface area contributed by atoms with E-state index in [1.807, 2.05) is 0 Å². The summed E-state index contributed by atoms with van der Waals surface area (Å²) in [5.74, 6) is 1.09. The summed E-state index contributed by atoms with van der Waals surface area (Å²) in [6.45, 7) is -0.492. The van der Waals surface area contributed by atoms with Crippen molar-refractivity contribution in [1.29, 1.82) is 0 Å². The Morgan fingerprint density at radius 1 is 1.33 bits per heavy atom. The first kappa shape index (κ1) is 13.4. The van der Waals surface area contributed by atoms with Crippen LogP contribution in [0.5, 0.6) is 5.75 Å². The molecule has 0 heterocycles. The molecule has 0 spiro atoms. The number of aromatic hydroxyl groups is 1. The molecule has 94 valence electrons. The average Bonchev–Trinajstić information content (AvgIpc) is 2.34. The number of rotatable bonds is 4. The number of nitrogens with one attached hydrogen (secondary N) is 1. The van der Waals surface area contributed by atoms with Gasteiger partial charge < -0.3 is 15.5 Å². The molecule has 6 nitrogen and oxygen atoms in total. The molecular formula is C12H12N2O4. The number of hydrogen-bond donors (Lipinski definition) is 3. The first-order valence-corrected chi connectivity index (χ1v) is 5.04. The number of carbonyl (C=O) groups excluding carboxylic acids is 1. The predicted octanol–water partition coefficient (Wildman–Crippen LogP) is 0.626. The molecule has 0 fully saturated rings. The summed E-state index contributed by atoms with van der Waals surface area (Å²) in [4.78, 5) is 23.4. The Labute approximate surface area is 104 Å². The standard InChI is InChI=1S/C12H12N2O4/c1-2-7-13-12(18)14(8-11(16)17)9-3-5-10(15)6-4-9/h1,3-6,15H,7-8H2,(H,13,18)(H,16,17). The second-order valence-electron chi connectivity index (χ2n) is 3.36. The summed E-state index contributed by atoms with van der Waals surface area (Å²) in [5.41, 5.74) is 0.352. The van der Waals surface area contributed by atoms with Crippen LogP contribution in [0.1, 0.15) is 0 Å². The Bertz CT molecular complexity index is 476. The van der Waals surface area contributed by atoms with Gasteiger partial charge in [-0.15, -0.1) is 6.42 Å². The topological polar surface area (TPSA) is 89.9 Å². The second kappa shape index (κ2) is 6.15. The Kier molecular flexibility index (Phi) is 4.58. The van der Waals surface area contributed by atoms with E-state index in [1.165, 1.54) is 24.3 Å². The number of carboxylic acid groups (broad SMARTS) is 1. The van der Waals surface area contributed by atoms with Gasteiger partial charge in [0.25, 0.3) is 0 Å². The number of benzene rings is 1. The first-order chi connectivity index (χ1) is 8.54. The summed E-state index contributed by atoms with van der Waals surface area (Å²) in [6.07, 6.45) is 5.00. The van der Waals surface area contributed by atoms with Gasteiger partial charge in [-0.3, -0.25) is 9.69 Å². The molecule has 1 aromatic rings. The maximum absolute atomic E-state index is 11.7. The highest BCUT2D eigenvalue weighted by Crippen LogP contribution is 2.18. The number of anilines is 1. The van der Waals surface area contributed by atoms with Crippen LogP contribution in [0.25, 0.3) is 0 Å². The normalized spacial score (nSPS) is 9.28. The van der Waals surface area contributed by atoms with Crippen LogP contribution in [0.3, 0.4) is 0 Å². The Morgan fingerprint density at radius 3 is 2.44 bits per heavy atom. The number of aliphatic carboxylic acids is 1. The van der Waals surface area contributed by atoms with Gasteiger partial charge in [-0.05, 0) is 24.3 Å². The lowest BCUT2D eigenvalue weighted by Crippen LogP contribution is -2.43. The van der Waals surface area contributed by atoms with E-state index in [-0.39, 0.29) is 12.3 Å². The lowest BCUT2D eigenvalue weighted by atomic mass is 10.3. The van der Waals surface area contributed by atoms with Gasteiger partial charge in [0.2, 0.25) is 0 Å².